The number of allylic oxidation sites excluding steroid dienone is 2. The van der Waals surface area contributed by atoms with E-state index in [1.165, 1.54) is 83.5 Å². The van der Waals surface area contributed by atoms with Crippen molar-refractivity contribution < 1.29 is 0 Å². The predicted molar refractivity (Wildman–Crippen MR) is 172 cm³/mol. The van der Waals surface area contributed by atoms with Gasteiger partial charge in [0.15, 0.2) is 0 Å². The molecule has 7 atom stereocenters. The number of unbranched alkanes of at least 4 members (excludes halogenated alkanes) is 2. The van der Waals surface area contributed by atoms with Crippen molar-refractivity contribution in [1.82, 2.24) is 0 Å². The van der Waals surface area contributed by atoms with Crippen molar-refractivity contribution >= 4 is 0 Å². The van der Waals surface area contributed by atoms with E-state index >= 15 is 0 Å². The van der Waals surface area contributed by atoms with Crippen molar-refractivity contribution in [2.24, 2.45) is 52.8 Å². The molecular weight excluding hydrogens is 444 g/mol. The predicted octanol–water partition coefficient (Wildman–Crippen LogP) is 13.2. The lowest BCUT2D eigenvalue weighted by Gasteiger charge is -2.36. The molecule has 0 heteroatoms. The summed E-state index contributed by atoms with van der Waals surface area (Å²) in [5.41, 5.74) is 2.11. The second-order valence-electron chi connectivity index (χ2n) is 14.6. The molecule has 0 heterocycles. The van der Waals surface area contributed by atoms with Crippen LogP contribution in [0.4, 0.5) is 0 Å². The molecule has 0 saturated heterocycles. The zero-order valence-electron chi connectivity index (χ0n) is 28.4. The molecule has 0 aliphatic rings. The van der Waals surface area contributed by atoms with Gasteiger partial charge in [0.05, 0.1) is 0 Å². The van der Waals surface area contributed by atoms with Crippen molar-refractivity contribution in [3.63, 3.8) is 0 Å². The first-order chi connectivity index (χ1) is 17.3. The fourth-order valence-corrected chi connectivity index (χ4v) is 6.67. The van der Waals surface area contributed by atoms with E-state index < -0.39 is 0 Å². The first-order valence-electron chi connectivity index (χ1n) is 17.0. The van der Waals surface area contributed by atoms with Gasteiger partial charge in [0, 0.05) is 0 Å². The van der Waals surface area contributed by atoms with E-state index in [-0.39, 0.29) is 0 Å². The lowest BCUT2D eigenvalue weighted by Crippen LogP contribution is -2.27. The lowest BCUT2D eigenvalue weighted by molar-refractivity contribution is 0.161. The highest BCUT2D eigenvalue weighted by Crippen LogP contribution is 2.40. The summed E-state index contributed by atoms with van der Waals surface area (Å²) in [7, 11) is 0. The fourth-order valence-electron chi connectivity index (χ4n) is 6.67. The third kappa shape index (κ3) is 15.2. The molecule has 0 fully saturated rings. The summed E-state index contributed by atoms with van der Waals surface area (Å²) in [5, 5.41) is 0. The Hall–Kier alpha value is -0.260. The van der Waals surface area contributed by atoms with Crippen LogP contribution in [0.2, 0.25) is 0 Å². The van der Waals surface area contributed by atoms with Crippen LogP contribution in [0.1, 0.15) is 173 Å². The third-order valence-corrected chi connectivity index (χ3v) is 10.8. The quantitative estimate of drug-likeness (QED) is 0.0987. The molecule has 0 spiro atoms. The van der Waals surface area contributed by atoms with E-state index in [1.807, 2.05) is 0 Å². The summed E-state index contributed by atoms with van der Waals surface area (Å²) in [6, 6.07) is 0. The van der Waals surface area contributed by atoms with Crippen LogP contribution in [0.15, 0.2) is 11.6 Å². The van der Waals surface area contributed by atoms with Gasteiger partial charge in [-0.25, -0.2) is 0 Å². The van der Waals surface area contributed by atoms with Crippen molar-refractivity contribution in [1.29, 1.82) is 0 Å². The number of rotatable bonds is 22. The fraction of sp³-hybridized carbons (Fsp3) is 0.946. The van der Waals surface area contributed by atoms with E-state index in [0.717, 1.165) is 41.4 Å². The molecule has 0 aliphatic heterocycles. The number of hydrogen-bond donors (Lipinski definition) is 0. The summed E-state index contributed by atoms with van der Waals surface area (Å²) in [6.07, 6.45) is 20.4. The van der Waals surface area contributed by atoms with Crippen LogP contribution >= 0.6 is 0 Å². The first-order valence-corrected chi connectivity index (χ1v) is 17.0. The highest BCUT2D eigenvalue weighted by Gasteiger charge is 2.30. The van der Waals surface area contributed by atoms with Crippen molar-refractivity contribution in [2.75, 3.05) is 0 Å². The highest BCUT2D eigenvalue weighted by molar-refractivity contribution is 5.07. The Kier molecular flexibility index (Phi) is 19.6. The molecule has 0 aromatic rings. The summed E-state index contributed by atoms with van der Waals surface area (Å²) < 4.78 is 0. The zero-order valence-corrected chi connectivity index (χ0v) is 28.4. The highest BCUT2D eigenvalue weighted by atomic mass is 14.3. The van der Waals surface area contributed by atoms with Crippen LogP contribution in [-0.4, -0.2) is 0 Å². The van der Waals surface area contributed by atoms with Crippen molar-refractivity contribution in [2.45, 2.75) is 173 Å². The molecule has 0 radical (unpaired) electrons. The van der Waals surface area contributed by atoms with Gasteiger partial charge >= 0.3 is 0 Å². The minimum Gasteiger partial charge on any atom is -0.0819 e. The van der Waals surface area contributed by atoms with E-state index in [0.29, 0.717) is 11.3 Å². The summed E-state index contributed by atoms with van der Waals surface area (Å²) in [5.74, 6) is 6.53. The molecule has 0 amide bonds. The molecule has 0 aromatic heterocycles. The van der Waals surface area contributed by atoms with Crippen LogP contribution in [-0.2, 0) is 0 Å². The molecular formula is C37H74. The SMILES string of the molecule is CCCCCC(C)C(C)CC(C)C(C)CC(C)(C)C(C)C=C(CCCC(C)C(CC)CC)CC(C)CC. The van der Waals surface area contributed by atoms with Crippen LogP contribution < -0.4 is 0 Å². The molecule has 0 aliphatic carbocycles. The van der Waals surface area contributed by atoms with E-state index in [1.54, 1.807) is 5.57 Å². The molecule has 7 unspecified atom stereocenters. The average Bonchev–Trinajstić information content (AvgIpc) is 2.84. The molecule has 0 bridgehead atoms. The van der Waals surface area contributed by atoms with Crippen LogP contribution in [0.25, 0.3) is 0 Å². The largest absolute Gasteiger partial charge is 0.0819 e. The van der Waals surface area contributed by atoms with Crippen molar-refractivity contribution in [3.05, 3.63) is 11.6 Å². The maximum absolute atomic E-state index is 2.73. The van der Waals surface area contributed by atoms with Gasteiger partial charge in [-0.15, -0.1) is 0 Å². The minimum atomic E-state index is 0.354. The Balaban J connectivity index is 5.13. The van der Waals surface area contributed by atoms with Gasteiger partial charge in [0.1, 0.15) is 0 Å². The molecule has 0 aromatic carbocycles. The maximum Gasteiger partial charge on any atom is -0.0208 e. The van der Waals surface area contributed by atoms with Gasteiger partial charge < -0.3 is 0 Å². The molecule has 0 N–H and O–H groups in total. The Morgan fingerprint density at radius 3 is 1.76 bits per heavy atom. The van der Waals surface area contributed by atoms with Gasteiger partial charge in [0.2, 0.25) is 0 Å². The van der Waals surface area contributed by atoms with Gasteiger partial charge in [-0.05, 0) is 84.9 Å². The smallest absolute Gasteiger partial charge is 0.0208 e. The Bertz CT molecular complexity index is 565. The third-order valence-electron chi connectivity index (χ3n) is 10.8. The zero-order chi connectivity index (χ0) is 28.6. The van der Waals surface area contributed by atoms with Crippen LogP contribution in [0.5, 0.6) is 0 Å². The van der Waals surface area contributed by atoms with Gasteiger partial charge in [0.25, 0.3) is 0 Å². The summed E-state index contributed by atoms with van der Waals surface area (Å²) in [4.78, 5) is 0. The summed E-state index contributed by atoms with van der Waals surface area (Å²) >= 11 is 0. The standard InChI is InChI=1S/C37H74/c1-14-18-19-21-29(6)31(8)25-32(9)33(10)27-37(12,13)34(11)26-35(24-28(5)15-2)23-20-22-30(7)36(16-3)17-4/h26,28-34,36H,14-25,27H2,1-13H3. The van der Waals surface area contributed by atoms with Crippen LogP contribution in [0, 0.1) is 52.8 Å². The monoisotopic (exact) mass is 519 g/mol. The lowest BCUT2D eigenvalue weighted by atomic mass is 9.69. The Labute approximate surface area is 237 Å². The van der Waals surface area contributed by atoms with Gasteiger partial charge in [-0.2, -0.15) is 0 Å². The average molecular weight is 519 g/mol. The maximum atomic E-state index is 2.73. The second kappa shape index (κ2) is 19.7. The summed E-state index contributed by atoms with van der Waals surface area (Å²) in [6.45, 7) is 32.1. The normalized spacial score (nSPS) is 18.9. The molecule has 37 heavy (non-hydrogen) atoms. The van der Waals surface area contributed by atoms with Crippen LogP contribution in [0.3, 0.4) is 0 Å². The number of hydrogen-bond acceptors (Lipinski definition) is 0. The van der Waals surface area contributed by atoms with E-state index in [2.05, 4.69) is 96.1 Å². The van der Waals surface area contributed by atoms with Crippen molar-refractivity contribution in [3.8, 4) is 0 Å². The first kappa shape index (κ1) is 36.7. The molecule has 0 rings (SSSR count). The second-order valence-corrected chi connectivity index (χ2v) is 14.6. The van der Waals surface area contributed by atoms with Gasteiger partial charge in [-0.3, -0.25) is 0 Å². The van der Waals surface area contributed by atoms with E-state index in [9.17, 15) is 0 Å². The van der Waals surface area contributed by atoms with E-state index in [4.69, 9.17) is 0 Å². The Morgan fingerprint density at radius 2 is 1.22 bits per heavy atom. The molecule has 0 saturated carbocycles. The topological polar surface area (TPSA) is 0 Å². The Morgan fingerprint density at radius 1 is 0.649 bits per heavy atom. The minimum absolute atomic E-state index is 0.354. The molecule has 222 valence electrons. The van der Waals surface area contributed by atoms with Gasteiger partial charge in [-0.1, -0.05) is 153 Å². The molecule has 0 nitrogen and oxygen atoms in total.